The maximum absolute atomic E-state index is 13.2. The van der Waals surface area contributed by atoms with Gasteiger partial charge in [0.15, 0.2) is 0 Å². The monoisotopic (exact) mass is 269 g/mol. The zero-order chi connectivity index (χ0) is 13.9. The van der Waals surface area contributed by atoms with Crippen LogP contribution in [0.3, 0.4) is 0 Å². The Kier molecular flexibility index (Phi) is 8.38. The summed E-state index contributed by atoms with van der Waals surface area (Å²) in [5.41, 5.74) is 1.04. The van der Waals surface area contributed by atoms with Gasteiger partial charge in [-0.3, -0.25) is 0 Å². The Morgan fingerprint density at radius 3 is 2.68 bits per heavy atom. The van der Waals surface area contributed by atoms with E-state index in [9.17, 15) is 4.39 Å². The quantitative estimate of drug-likeness (QED) is 0.661. The molecular weight excluding hydrogens is 245 g/mol. The zero-order valence-electron chi connectivity index (χ0n) is 11.8. The molecule has 19 heavy (non-hydrogen) atoms. The van der Waals surface area contributed by atoms with Gasteiger partial charge in [-0.05, 0) is 43.0 Å². The molecule has 0 radical (unpaired) electrons. The van der Waals surface area contributed by atoms with Gasteiger partial charge in [0.1, 0.15) is 5.82 Å². The van der Waals surface area contributed by atoms with Gasteiger partial charge in [-0.25, -0.2) is 4.39 Å². The van der Waals surface area contributed by atoms with Crippen LogP contribution < -0.4 is 5.32 Å². The van der Waals surface area contributed by atoms with Gasteiger partial charge >= 0.3 is 0 Å². The van der Waals surface area contributed by atoms with E-state index in [-0.39, 0.29) is 5.82 Å². The first kappa shape index (κ1) is 16.1. The SMILES string of the molecule is COCCNCC(CCOC)Cc1cccc(F)c1. The van der Waals surface area contributed by atoms with E-state index in [0.717, 1.165) is 38.1 Å². The highest BCUT2D eigenvalue weighted by molar-refractivity contribution is 5.16. The molecule has 1 aromatic rings. The first-order valence-corrected chi connectivity index (χ1v) is 6.69. The van der Waals surface area contributed by atoms with Crippen molar-refractivity contribution >= 4 is 0 Å². The van der Waals surface area contributed by atoms with Gasteiger partial charge in [-0.15, -0.1) is 0 Å². The molecule has 0 heterocycles. The van der Waals surface area contributed by atoms with E-state index < -0.39 is 0 Å². The third kappa shape index (κ3) is 7.25. The summed E-state index contributed by atoms with van der Waals surface area (Å²) in [4.78, 5) is 0. The number of methoxy groups -OCH3 is 2. The van der Waals surface area contributed by atoms with Crippen LogP contribution in [0.15, 0.2) is 24.3 Å². The molecule has 0 bridgehead atoms. The normalized spacial score (nSPS) is 12.6. The molecular formula is C15H24FNO2. The lowest BCUT2D eigenvalue weighted by Crippen LogP contribution is -2.28. The standard InChI is InChI=1S/C15H24FNO2/c1-18-8-6-14(12-17-7-9-19-2)10-13-4-3-5-15(16)11-13/h3-5,11,14,17H,6-10,12H2,1-2H3. The highest BCUT2D eigenvalue weighted by Crippen LogP contribution is 2.13. The number of halogens is 1. The third-order valence-electron chi connectivity index (χ3n) is 3.06. The Labute approximate surface area is 115 Å². The first-order chi connectivity index (χ1) is 9.26. The van der Waals surface area contributed by atoms with Crippen LogP contribution in [-0.4, -0.2) is 40.5 Å². The minimum Gasteiger partial charge on any atom is -0.385 e. The van der Waals surface area contributed by atoms with Crippen LogP contribution in [0.2, 0.25) is 0 Å². The van der Waals surface area contributed by atoms with E-state index in [1.54, 1.807) is 26.4 Å². The minimum atomic E-state index is -0.171. The molecule has 1 atom stereocenters. The smallest absolute Gasteiger partial charge is 0.123 e. The van der Waals surface area contributed by atoms with Crippen molar-refractivity contribution in [3.63, 3.8) is 0 Å². The number of nitrogens with one attached hydrogen (secondary N) is 1. The molecule has 1 rings (SSSR count). The lowest BCUT2D eigenvalue weighted by atomic mass is 9.96. The fraction of sp³-hybridized carbons (Fsp3) is 0.600. The predicted molar refractivity (Wildman–Crippen MR) is 74.8 cm³/mol. The zero-order valence-corrected chi connectivity index (χ0v) is 11.8. The molecule has 0 spiro atoms. The van der Waals surface area contributed by atoms with Crippen LogP contribution in [0.25, 0.3) is 0 Å². The molecule has 1 aromatic carbocycles. The summed E-state index contributed by atoms with van der Waals surface area (Å²) in [7, 11) is 3.40. The number of rotatable bonds is 10. The van der Waals surface area contributed by atoms with Gasteiger partial charge in [0, 0.05) is 27.4 Å². The maximum atomic E-state index is 13.2. The van der Waals surface area contributed by atoms with Crippen molar-refractivity contribution in [1.29, 1.82) is 0 Å². The summed E-state index contributed by atoms with van der Waals surface area (Å²) in [6.07, 6.45) is 1.83. The van der Waals surface area contributed by atoms with E-state index >= 15 is 0 Å². The summed E-state index contributed by atoms with van der Waals surface area (Å²) < 4.78 is 23.3. The van der Waals surface area contributed by atoms with Crippen LogP contribution in [0, 0.1) is 11.7 Å². The lowest BCUT2D eigenvalue weighted by Gasteiger charge is -2.17. The van der Waals surface area contributed by atoms with Crippen molar-refractivity contribution in [2.75, 3.05) is 40.5 Å². The summed E-state index contributed by atoms with van der Waals surface area (Å²) >= 11 is 0. The van der Waals surface area contributed by atoms with E-state index in [1.807, 2.05) is 6.07 Å². The average molecular weight is 269 g/mol. The highest BCUT2D eigenvalue weighted by atomic mass is 19.1. The Bertz CT molecular complexity index is 347. The second-order valence-electron chi connectivity index (χ2n) is 4.68. The number of hydrogen-bond donors (Lipinski definition) is 1. The Balaban J connectivity index is 2.43. The Hall–Kier alpha value is -0.970. The van der Waals surface area contributed by atoms with Gasteiger partial charge in [-0.2, -0.15) is 0 Å². The molecule has 1 unspecified atom stereocenters. The molecule has 0 aliphatic carbocycles. The molecule has 3 nitrogen and oxygen atoms in total. The maximum Gasteiger partial charge on any atom is 0.123 e. The summed E-state index contributed by atoms with van der Waals surface area (Å²) in [6, 6.07) is 6.81. The molecule has 0 saturated heterocycles. The van der Waals surface area contributed by atoms with E-state index in [4.69, 9.17) is 9.47 Å². The average Bonchev–Trinajstić information content (AvgIpc) is 2.40. The number of hydrogen-bond acceptors (Lipinski definition) is 3. The summed E-state index contributed by atoms with van der Waals surface area (Å²) in [5.74, 6) is 0.272. The molecule has 0 amide bonds. The van der Waals surface area contributed by atoms with Crippen LogP contribution in [0.4, 0.5) is 4.39 Å². The van der Waals surface area contributed by atoms with Gasteiger partial charge in [0.2, 0.25) is 0 Å². The van der Waals surface area contributed by atoms with Crippen LogP contribution in [0.1, 0.15) is 12.0 Å². The number of ether oxygens (including phenoxy) is 2. The molecule has 108 valence electrons. The molecule has 0 saturated carbocycles. The number of benzene rings is 1. The molecule has 1 N–H and O–H groups in total. The first-order valence-electron chi connectivity index (χ1n) is 6.69. The fourth-order valence-corrected chi connectivity index (χ4v) is 2.04. The van der Waals surface area contributed by atoms with E-state index in [2.05, 4.69) is 5.32 Å². The van der Waals surface area contributed by atoms with Crippen molar-refractivity contribution in [3.05, 3.63) is 35.6 Å². The molecule has 4 heteroatoms. The van der Waals surface area contributed by atoms with Crippen LogP contribution in [0.5, 0.6) is 0 Å². The van der Waals surface area contributed by atoms with Gasteiger partial charge < -0.3 is 14.8 Å². The molecule has 0 aliphatic heterocycles. The topological polar surface area (TPSA) is 30.5 Å². The van der Waals surface area contributed by atoms with Crippen molar-refractivity contribution in [3.8, 4) is 0 Å². The lowest BCUT2D eigenvalue weighted by molar-refractivity contribution is 0.172. The molecule has 0 aromatic heterocycles. The van der Waals surface area contributed by atoms with E-state index in [1.165, 1.54) is 6.07 Å². The Morgan fingerprint density at radius 1 is 1.21 bits per heavy atom. The van der Waals surface area contributed by atoms with Gasteiger partial charge in [0.25, 0.3) is 0 Å². The second-order valence-corrected chi connectivity index (χ2v) is 4.68. The molecule has 0 fully saturated rings. The van der Waals surface area contributed by atoms with Gasteiger partial charge in [-0.1, -0.05) is 12.1 Å². The van der Waals surface area contributed by atoms with Crippen molar-refractivity contribution in [2.45, 2.75) is 12.8 Å². The summed E-state index contributed by atoms with van der Waals surface area (Å²) in [5, 5.41) is 3.36. The van der Waals surface area contributed by atoms with Crippen LogP contribution >= 0.6 is 0 Å². The molecule has 0 aliphatic rings. The van der Waals surface area contributed by atoms with Crippen molar-refractivity contribution < 1.29 is 13.9 Å². The second kappa shape index (κ2) is 9.89. The van der Waals surface area contributed by atoms with E-state index in [0.29, 0.717) is 12.5 Å². The van der Waals surface area contributed by atoms with Crippen molar-refractivity contribution in [2.24, 2.45) is 5.92 Å². The predicted octanol–water partition coefficient (Wildman–Crippen LogP) is 2.26. The Morgan fingerprint density at radius 2 is 2.00 bits per heavy atom. The largest absolute Gasteiger partial charge is 0.385 e. The van der Waals surface area contributed by atoms with Crippen molar-refractivity contribution in [1.82, 2.24) is 5.32 Å². The summed E-state index contributed by atoms with van der Waals surface area (Å²) in [6.45, 7) is 3.16. The third-order valence-corrected chi connectivity index (χ3v) is 3.06. The fourth-order valence-electron chi connectivity index (χ4n) is 2.04. The highest BCUT2D eigenvalue weighted by Gasteiger charge is 2.10. The van der Waals surface area contributed by atoms with Gasteiger partial charge in [0.05, 0.1) is 6.61 Å². The minimum absolute atomic E-state index is 0.171. The van der Waals surface area contributed by atoms with Crippen LogP contribution in [-0.2, 0) is 15.9 Å².